The van der Waals surface area contributed by atoms with E-state index < -0.39 is 0 Å². The van der Waals surface area contributed by atoms with E-state index in [0.717, 1.165) is 60.1 Å². The van der Waals surface area contributed by atoms with Gasteiger partial charge in [-0.2, -0.15) is 0 Å². The van der Waals surface area contributed by atoms with Crippen LogP contribution in [0.2, 0.25) is 0 Å². The van der Waals surface area contributed by atoms with Crippen molar-refractivity contribution in [3.05, 3.63) is 29.5 Å². The molecule has 0 fully saturated rings. The van der Waals surface area contributed by atoms with Crippen LogP contribution in [0, 0.1) is 0 Å². The molecule has 2 aliphatic rings. The predicted octanol–water partition coefficient (Wildman–Crippen LogP) is 2.77. The molecule has 0 atom stereocenters. The van der Waals surface area contributed by atoms with Crippen molar-refractivity contribution in [2.24, 2.45) is 0 Å². The van der Waals surface area contributed by atoms with E-state index >= 15 is 0 Å². The third-order valence-corrected chi connectivity index (χ3v) is 5.44. The first-order valence-electron chi connectivity index (χ1n) is 7.79. The van der Waals surface area contributed by atoms with E-state index in [0.29, 0.717) is 5.69 Å². The number of aryl methyl sites for hydroxylation is 1. The fraction of sp³-hybridized carbons (Fsp3) is 0.353. The van der Waals surface area contributed by atoms with Crippen molar-refractivity contribution >= 4 is 29.6 Å². The summed E-state index contributed by atoms with van der Waals surface area (Å²) < 4.78 is 1.98. The van der Waals surface area contributed by atoms with Crippen LogP contribution >= 0.6 is 11.8 Å². The van der Waals surface area contributed by atoms with Gasteiger partial charge in [-0.05, 0) is 24.5 Å². The SMILES string of the molecule is CC(=O)N1CCCc2ccc(-c3nc4n(c3C=O)CCS4)cc21. The van der Waals surface area contributed by atoms with Gasteiger partial charge in [-0.15, -0.1) is 0 Å². The Labute approximate surface area is 138 Å². The van der Waals surface area contributed by atoms with E-state index in [9.17, 15) is 9.59 Å². The Morgan fingerprint density at radius 3 is 3.00 bits per heavy atom. The molecular formula is C17H17N3O2S. The van der Waals surface area contributed by atoms with E-state index in [1.165, 1.54) is 5.56 Å². The predicted molar refractivity (Wildman–Crippen MR) is 90.1 cm³/mol. The number of hydrogen-bond acceptors (Lipinski definition) is 4. The number of thioether (sulfide) groups is 1. The van der Waals surface area contributed by atoms with Gasteiger partial charge in [0.15, 0.2) is 11.4 Å². The molecule has 4 rings (SSSR count). The van der Waals surface area contributed by atoms with Gasteiger partial charge in [0.2, 0.25) is 5.91 Å². The molecule has 0 radical (unpaired) electrons. The van der Waals surface area contributed by atoms with Gasteiger partial charge < -0.3 is 9.47 Å². The Bertz CT molecular complexity index is 812. The van der Waals surface area contributed by atoms with Crippen molar-refractivity contribution in [2.75, 3.05) is 17.2 Å². The van der Waals surface area contributed by atoms with Gasteiger partial charge in [-0.3, -0.25) is 9.59 Å². The van der Waals surface area contributed by atoms with E-state index in [1.54, 1.807) is 18.7 Å². The fourth-order valence-corrected chi connectivity index (χ4v) is 4.34. The molecule has 0 bridgehead atoms. The Morgan fingerprint density at radius 1 is 1.35 bits per heavy atom. The summed E-state index contributed by atoms with van der Waals surface area (Å²) in [7, 11) is 0. The van der Waals surface area contributed by atoms with Crippen molar-refractivity contribution in [1.29, 1.82) is 0 Å². The first-order chi connectivity index (χ1) is 11.2. The van der Waals surface area contributed by atoms with Crippen LogP contribution in [0.1, 0.15) is 29.4 Å². The number of anilines is 1. The maximum atomic E-state index is 11.9. The molecule has 118 valence electrons. The lowest BCUT2D eigenvalue weighted by molar-refractivity contribution is -0.116. The van der Waals surface area contributed by atoms with E-state index in [1.807, 2.05) is 21.6 Å². The molecule has 2 aromatic rings. The monoisotopic (exact) mass is 327 g/mol. The van der Waals surface area contributed by atoms with Gasteiger partial charge in [0.25, 0.3) is 0 Å². The maximum absolute atomic E-state index is 11.9. The van der Waals surface area contributed by atoms with E-state index in [-0.39, 0.29) is 5.91 Å². The highest BCUT2D eigenvalue weighted by Crippen LogP contribution is 2.36. The minimum Gasteiger partial charge on any atom is -0.315 e. The van der Waals surface area contributed by atoms with Crippen LogP contribution in [0.25, 0.3) is 11.3 Å². The molecular weight excluding hydrogens is 310 g/mol. The highest BCUT2D eigenvalue weighted by atomic mass is 32.2. The molecule has 1 aromatic carbocycles. The van der Waals surface area contributed by atoms with Crippen LogP contribution in [0.15, 0.2) is 23.4 Å². The summed E-state index contributed by atoms with van der Waals surface area (Å²) in [5.41, 5.74) is 4.40. The Hall–Kier alpha value is -2.08. The number of nitrogens with zero attached hydrogens (tertiary/aromatic N) is 3. The third kappa shape index (κ3) is 2.28. The van der Waals surface area contributed by atoms with Crippen LogP contribution < -0.4 is 4.90 Å². The zero-order valence-electron chi connectivity index (χ0n) is 12.9. The lowest BCUT2D eigenvalue weighted by atomic mass is 9.98. The third-order valence-electron chi connectivity index (χ3n) is 4.49. The number of fused-ring (bicyclic) bond motifs is 2. The Kier molecular flexibility index (Phi) is 3.49. The smallest absolute Gasteiger partial charge is 0.223 e. The number of carbonyl (C=O) groups excluding carboxylic acids is 2. The molecule has 2 aliphatic heterocycles. The van der Waals surface area contributed by atoms with Crippen molar-refractivity contribution in [3.8, 4) is 11.3 Å². The number of carbonyl (C=O) groups is 2. The fourth-order valence-electron chi connectivity index (χ4n) is 3.38. The van der Waals surface area contributed by atoms with Gasteiger partial charge in [0.1, 0.15) is 11.4 Å². The van der Waals surface area contributed by atoms with Crippen molar-refractivity contribution in [3.63, 3.8) is 0 Å². The lowest BCUT2D eigenvalue weighted by Crippen LogP contribution is -2.33. The number of imidazole rings is 1. The van der Waals surface area contributed by atoms with Gasteiger partial charge in [0, 0.05) is 37.0 Å². The maximum Gasteiger partial charge on any atom is 0.223 e. The van der Waals surface area contributed by atoms with Crippen LogP contribution in [0.5, 0.6) is 0 Å². The van der Waals surface area contributed by atoms with Crippen LogP contribution in [0.3, 0.4) is 0 Å². The lowest BCUT2D eigenvalue weighted by Gasteiger charge is -2.29. The van der Waals surface area contributed by atoms with Gasteiger partial charge in [-0.25, -0.2) is 4.98 Å². The number of rotatable bonds is 2. The molecule has 1 aromatic heterocycles. The molecule has 0 spiro atoms. The second-order valence-corrected chi connectivity index (χ2v) is 6.93. The highest BCUT2D eigenvalue weighted by Gasteiger charge is 2.25. The molecule has 0 unspecified atom stereocenters. The first kappa shape index (κ1) is 14.5. The zero-order valence-corrected chi connectivity index (χ0v) is 13.7. The minimum absolute atomic E-state index is 0.0570. The molecule has 23 heavy (non-hydrogen) atoms. The summed E-state index contributed by atoms with van der Waals surface area (Å²) in [5, 5.41) is 0.906. The molecule has 0 N–H and O–H groups in total. The van der Waals surface area contributed by atoms with Crippen molar-refractivity contribution < 1.29 is 9.59 Å². The number of benzene rings is 1. The standard InChI is InChI=1S/C17H17N3O2S/c1-11(22)19-6-2-3-12-4-5-13(9-14(12)19)16-15(10-21)20-7-8-23-17(20)18-16/h4-5,9-10H,2-3,6-8H2,1H3. The second-order valence-electron chi connectivity index (χ2n) is 5.86. The molecule has 0 saturated carbocycles. The highest BCUT2D eigenvalue weighted by molar-refractivity contribution is 7.99. The largest absolute Gasteiger partial charge is 0.315 e. The quantitative estimate of drug-likeness (QED) is 0.796. The van der Waals surface area contributed by atoms with Crippen molar-refractivity contribution in [1.82, 2.24) is 9.55 Å². The molecule has 3 heterocycles. The summed E-state index contributed by atoms with van der Waals surface area (Å²) in [5.74, 6) is 1.02. The Balaban J connectivity index is 1.84. The molecule has 0 aliphatic carbocycles. The van der Waals surface area contributed by atoms with Crippen LogP contribution in [-0.2, 0) is 17.8 Å². The number of amides is 1. The zero-order chi connectivity index (χ0) is 16.0. The van der Waals surface area contributed by atoms with Gasteiger partial charge in [0.05, 0.1) is 0 Å². The topological polar surface area (TPSA) is 55.2 Å². The molecule has 6 heteroatoms. The molecule has 1 amide bonds. The van der Waals surface area contributed by atoms with Crippen LogP contribution in [0.4, 0.5) is 5.69 Å². The van der Waals surface area contributed by atoms with Crippen LogP contribution in [-0.4, -0.2) is 34.0 Å². The summed E-state index contributed by atoms with van der Waals surface area (Å²) in [6.07, 6.45) is 2.86. The number of hydrogen-bond donors (Lipinski definition) is 0. The Morgan fingerprint density at radius 2 is 2.22 bits per heavy atom. The second kappa shape index (κ2) is 5.53. The number of aromatic nitrogens is 2. The normalized spacial score (nSPS) is 16.1. The summed E-state index contributed by atoms with van der Waals surface area (Å²) in [6, 6.07) is 6.08. The summed E-state index contributed by atoms with van der Waals surface area (Å²) in [6.45, 7) is 3.17. The summed E-state index contributed by atoms with van der Waals surface area (Å²) in [4.78, 5) is 29.9. The first-order valence-corrected chi connectivity index (χ1v) is 8.77. The van der Waals surface area contributed by atoms with Gasteiger partial charge >= 0.3 is 0 Å². The summed E-state index contributed by atoms with van der Waals surface area (Å²) >= 11 is 1.68. The molecule has 0 saturated heterocycles. The minimum atomic E-state index is 0.0570. The average Bonchev–Trinajstić information content (AvgIpc) is 3.14. The van der Waals surface area contributed by atoms with E-state index in [2.05, 4.69) is 11.1 Å². The number of aldehydes is 1. The molecule has 5 nitrogen and oxygen atoms in total. The van der Waals surface area contributed by atoms with E-state index in [4.69, 9.17) is 0 Å². The van der Waals surface area contributed by atoms with Crippen molar-refractivity contribution in [2.45, 2.75) is 31.5 Å². The average molecular weight is 327 g/mol. The van der Waals surface area contributed by atoms with Gasteiger partial charge in [-0.1, -0.05) is 23.9 Å².